The summed E-state index contributed by atoms with van der Waals surface area (Å²) in [4.78, 5) is 12.9. The van der Waals surface area contributed by atoms with E-state index in [2.05, 4.69) is 14.4 Å². The molecule has 0 bridgehead atoms. The van der Waals surface area contributed by atoms with Crippen molar-refractivity contribution in [3.63, 3.8) is 0 Å². The highest BCUT2D eigenvalue weighted by Gasteiger charge is 2.25. The van der Waals surface area contributed by atoms with Crippen molar-refractivity contribution < 1.29 is 17.7 Å². The predicted molar refractivity (Wildman–Crippen MR) is 125 cm³/mol. The molecule has 5 rings (SSSR count). The largest absolute Gasteiger partial charge is 0.495 e. The molecule has 1 aliphatic rings. The number of hydrogen-bond acceptors (Lipinski definition) is 6. The number of ether oxygens (including phenoxy) is 1. The van der Waals surface area contributed by atoms with Crippen LogP contribution in [0.4, 0.5) is 5.82 Å². The second-order valence-corrected chi connectivity index (χ2v) is 9.98. The summed E-state index contributed by atoms with van der Waals surface area (Å²) in [7, 11) is -2.35. The van der Waals surface area contributed by atoms with Gasteiger partial charge in [0.2, 0.25) is 0 Å². The number of sulfonamides is 1. The van der Waals surface area contributed by atoms with Crippen LogP contribution in [0.3, 0.4) is 0 Å². The van der Waals surface area contributed by atoms with Crippen LogP contribution in [0.25, 0.3) is 16.6 Å². The first-order chi connectivity index (χ1) is 15.9. The summed E-state index contributed by atoms with van der Waals surface area (Å²) in [5, 5.41) is 4.71. The Morgan fingerprint density at radius 2 is 1.97 bits per heavy atom. The van der Waals surface area contributed by atoms with Gasteiger partial charge in [0.15, 0.2) is 5.82 Å². The van der Waals surface area contributed by atoms with Crippen LogP contribution in [0.15, 0.2) is 69.0 Å². The lowest BCUT2D eigenvalue weighted by atomic mass is 9.80. The van der Waals surface area contributed by atoms with E-state index in [-0.39, 0.29) is 16.3 Å². The zero-order valence-electron chi connectivity index (χ0n) is 17.6. The van der Waals surface area contributed by atoms with Gasteiger partial charge in [-0.15, -0.1) is 0 Å². The van der Waals surface area contributed by atoms with Gasteiger partial charge < -0.3 is 9.26 Å². The summed E-state index contributed by atoms with van der Waals surface area (Å²) in [5.74, 6) is 1.00. The molecule has 0 unspecified atom stereocenters. The number of anilines is 1. The minimum Gasteiger partial charge on any atom is -0.495 e. The molecule has 1 N–H and O–H groups in total. The van der Waals surface area contributed by atoms with Gasteiger partial charge in [-0.2, -0.15) is 0 Å². The Balaban J connectivity index is 1.63. The number of rotatable bonds is 6. The third-order valence-electron chi connectivity index (χ3n) is 5.94. The molecule has 0 radical (unpaired) electrons. The fourth-order valence-corrected chi connectivity index (χ4v) is 5.37. The molecule has 33 heavy (non-hydrogen) atoms. The topological polar surface area (TPSA) is 103 Å². The second kappa shape index (κ2) is 8.24. The third-order valence-corrected chi connectivity index (χ3v) is 7.62. The van der Waals surface area contributed by atoms with E-state index in [1.54, 1.807) is 25.3 Å². The summed E-state index contributed by atoms with van der Waals surface area (Å²) in [6.07, 6.45) is 4.60. The van der Waals surface area contributed by atoms with Gasteiger partial charge in [-0.05, 0) is 60.7 Å². The van der Waals surface area contributed by atoms with E-state index in [4.69, 9.17) is 16.3 Å². The zero-order valence-corrected chi connectivity index (χ0v) is 19.2. The highest BCUT2D eigenvalue weighted by Crippen LogP contribution is 2.43. The van der Waals surface area contributed by atoms with Gasteiger partial charge in [0.05, 0.1) is 23.2 Å². The molecule has 8 nitrogen and oxygen atoms in total. The predicted octanol–water partition coefficient (Wildman–Crippen LogP) is 4.71. The van der Waals surface area contributed by atoms with Crippen molar-refractivity contribution in [3.05, 3.63) is 75.7 Å². The van der Waals surface area contributed by atoms with Gasteiger partial charge in [0, 0.05) is 22.5 Å². The molecule has 1 aliphatic carbocycles. The molecule has 10 heteroatoms. The van der Waals surface area contributed by atoms with E-state index in [1.807, 2.05) is 6.07 Å². The normalized spacial score (nSPS) is 14.2. The van der Waals surface area contributed by atoms with Crippen LogP contribution in [-0.2, 0) is 10.0 Å². The molecule has 1 fully saturated rings. The third kappa shape index (κ3) is 3.87. The monoisotopic (exact) mass is 485 g/mol. The number of aromatic nitrogens is 2. The number of halogens is 1. The molecule has 170 valence electrons. The lowest BCUT2D eigenvalue weighted by molar-refractivity contribution is 0.401. The molecule has 0 amide bonds. The zero-order chi connectivity index (χ0) is 23.2. The fourth-order valence-electron chi connectivity index (χ4n) is 4.03. The Labute approximate surface area is 194 Å². The molecule has 2 aromatic carbocycles. The van der Waals surface area contributed by atoms with Crippen molar-refractivity contribution in [1.82, 2.24) is 9.72 Å². The van der Waals surface area contributed by atoms with E-state index < -0.39 is 10.0 Å². The first-order valence-electron chi connectivity index (χ1n) is 10.3. The van der Waals surface area contributed by atoms with Crippen LogP contribution < -0.4 is 15.0 Å². The average molecular weight is 486 g/mol. The van der Waals surface area contributed by atoms with Gasteiger partial charge in [-0.1, -0.05) is 23.2 Å². The number of benzene rings is 2. The minimum absolute atomic E-state index is 0.0218. The Morgan fingerprint density at radius 1 is 1.15 bits per heavy atom. The molecule has 1 saturated carbocycles. The van der Waals surface area contributed by atoms with Crippen LogP contribution >= 0.6 is 11.6 Å². The van der Waals surface area contributed by atoms with Gasteiger partial charge in [0.1, 0.15) is 12.0 Å². The van der Waals surface area contributed by atoms with Gasteiger partial charge in [-0.3, -0.25) is 14.1 Å². The van der Waals surface area contributed by atoms with Crippen LogP contribution in [0.5, 0.6) is 5.75 Å². The second-order valence-electron chi connectivity index (χ2n) is 7.89. The first-order valence-corrected chi connectivity index (χ1v) is 12.2. The van der Waals surface area contributed by atoms with Crippen LogP contribution in [-0.4, -0.2) is 25.3 Å². The molecule has 0 aliphatic heterocycles. The lowest BCUT2D eigenvalue weighted by Crippen LogP contribution is -2.19. The van der Waals surface area contributed by atoms with Crippen molar-refractivity contribution in [2.75, 3.05) is 11.8 Å². The Morgan fingerprint density at radius 3 is 2.64 bits per heavy atom. The molecule has 0 spiro atoms. The summed E-state index contributed by atoms with van der Waals surface area (Å²) in [6, 6.07) is 12.5. The smallest absolute Gasteiger partial charge is 0.263 e. The molecular formula is C23H20ClN3O5S. The molecule has 0 saturated heterocycles. The maximum Gasteiger partial charge on any atom is 0.263 e. The standard InChI is InChI=1S/C23H20ClN3O5S/c1-31-21-12-17(14-3-2-4-14)18(24)13-20(21)27-19-7-6-16(11-15(19)5-8-23(27)28)33(29,30)26-22-9-10-32-25-22/h5-14H,2-4H2,1H3,(H,25,26). The highest BCUT2D eigenvalue weighted by atomic mass is 35.5. The van der Waals surface area contributed by atoms with Crippen LogP contribution in [0.2, 0.25) is 5.02 Å². The summed E-state index contributed by atoms with van der Waals surface area (Å²) in [6.45, 7) is 0. The van der Waals surface area contributed by atoms with E-state index in [0.717, 1.165) is 18.4 Å². The highest BCUT2D eigenvalue weighted by molar-refractivity contribution is 7.92. The summed E-state index contributed by atoms with van der Waals surface area (Å²) >= 11 is 6.60. The summed E-state index contributed by atoms with van der Waals surface area (Å²) in [5.41, 5.74) is 1.75. The number of methoxy groups -OCH3 is 1. The van der Waals surface area contributed by atoms with Crippen molar-refractivity contribution in [3.8, 4) is 11.4 Å². The molecule has 4 aromatic rings. The minimum atomic E-state index is -3.90. The fraction of sp³-hybridized carbons (Fsp3) is 0.217. The van der Waals surface area contributed by atoms with E-state index in [0.29, 0.717) is 33.3 Å². The van der Waals surface area contributed by atoms with Crippen molar-refractivity contribution in [1.29, 1.82) is 0 Å². The number of nitrogens with zero attached hydrogens (tertiary/aromatic N) is 2. The van der Waals surface area contributed by atoms with E-state index >= 15 is 0 Å². The maximum absolute atomic E-state index is 12.9. The van der Waals surface area contributed by atoms with E-state index in [9.17, 15) is 13.2 Å². The van der Waals surface area contributed by atoms with Gasteiger partial charge in [0.25, 0.3) is 15.6 Å². The first kappa shape index (κ1) is 21.5. The molecule has 2 aromatic heterocycles. The number of nitrogens with one attached hydrogen (secondary N) is 1. The van der Waals surface area contributed by atoms with Crippen molar-refractivity contribution in [2.45, 2.75) is 30.1 Å². The van der Waals surface area contributed by atoms with Crippen molar-refractivity contribution in [2.24, 2.45) is 0 Å². The van der Waals surface area contributed by atoms with Gasteiger partial charge in [-0.25, -0.2) is 8.42 Å². The van der Waals surface area contributed by atoms with E-state index in [1.165, 1.54) is 41.5 Å². The van der Waals surface area contributed by atoms with Crippen LogP contribution in [0.1, 0.15) is 30.7 Å². The number of fused-ring (bicyclic) bond motifs is 1. The molecular weight excluding hydrogens is 466 g/mol. The van der Waals surface area contributed by atoms with Gasteiger partial charge >= 0.3 is 0 Å². The molecule has 2 heterocycles. The lowest BCUT2D eigenvalue weighted by Gasteiger charge is -2.27. The maximum atomic E-state index is 12.9. The summed E-state index contributed by atoms with van der Waals surface area (Å²) < 4.78 is 39.6. The SMILES string of the molecule is COc1cc(C2CCC2)c(Cl)cc1-n1c(=O)ccc2cc(S(=O)(=O)Nc3ccon3)ccc21. The van der Waals surface area contributed by atoms with Crippen molar-refractivity contribution >= 4 is 38.3 Å². The van der Waals surface area contributed by atoms with Crippen LogP contribution in [0, 0.1) is 0 Å². The quantitative estimate of drug-likeness (QED) is 0.424. The molecule has 0 atom stereocenters. The Hall–Kier alpha value is -3.30. The Kier molecular flexibility index (Phi) is 5.38. The average Bonchev–Trinajstić information content (AvgIpc) is 3.25. The Bertz CT molecular complexity index is 1510. The number of hydrogen-bond donors (Lipinski definition) is 1. The number of pyridine rings is 1.